The van der Waals surface area contributed by atoms with Crippen LogP contribution in [0.1, 0.15) is 19.4 Å². The number of aldehydes is 1. The second-order valence-corrected chi connectivity index (χ2v) is 3.35. The van der Waals surface area contributed by atoms with Gasteiger partial charge in [-0.3, -0.25) is 0 Å². The lowest BCUT2D eigenvalue weighted by atomic mass is 10.3. The Morgan fingerprint density at radius 1 is 1.44 bits per heavy atom. The summed E-state index contributed by atoms with van der Waals surface area (Å²) in [7, 11) is 0. The summed E-state index contributed by atoms with van der Waals surface area (Å²) < 4.78 is 1.76. The quantitative estimate of drug-likeness (QED) is 0.598. The van der Waals surface area contributed by atoms with E-state index in [0.29, 0.717) is 10.8 Å². The van der Waals surface area contributed by atoms with E-state index in [1.807, 2.05) is 27.0 Å². The van der Waals surface area contributed by atoms with Crippen LogP contribution in [-0.2, 0) is 11.3 Å². The van der Waals surface area contributed by atoms with Crippen molar-refractivity contribution in [3.63, 3.8) is 0 Å². The van der Waals surface area contributed by atoms with Crippen LogP contribution >= 0.6 is 11.6 Å². The Bertz CT molecular complexity index is 493. The minimum Gasteiger partial charge on any atom is -0.325 e. The number of aryl methyl sites for hydroxylation is 1. The van der Waals surface area contributed by atoms with Crippen molar-refractivity contribution in [3.8, 4) is 0 Å². The Hall–Kier alpha value is -1.42. The van der Waals surface area contributed by atoms with Gasteiger partial charge in [-0.2, -0.15) is 0 Å². The molecule has 0 N–H and O–H groups in total. The second-order valence-electron chi connectivity index (χ2n) is 2.99. The minimum absolute atomic E-state index is 0.289. The summed E-state index contributed by atoms with van der Waals surface area (Å²) in [5.74, 6) is 0. The molecule has 2 heterocycles. The molecule has 16 heavy (non-hydrogen) atoms. The van der Waals surface area contributed by atoms with Gasteiger partial charge in [0.25, 0.3) is 0 Å². The minimum atomic E-state index is 0.289. The molecule has 4 nitrogen and oxygen atoms in total. The van der Waals surface area contributed by atoms with Crippen LogP contribution in [-0.4, -0.2) is 20.8 Å². The zero-order valence-corrected chi connectivity index (χ0v) is 10.3. The SMILES string of the molecule is CC.Cc1cn(CC=O)c2ncnc(Cl)c12. The van der Waals surface area contributed by atoms with Gasteiger partial charge in [0.1, 0.15) is 23.4 Å². The molecule has 0 aliphatic heterocycles. The summed E-state index contributed by atoms with van der Waals surface area (Å²) >= 11 is 5.92. The third kappa shape index (κ3) is 2.22. The van der Waals surface area contributed by atoms with Crippen LogP contribution in [0.5, 0.6) is 0 Å². The van der Waals surface area contributed by atoms with Gasteiger partial charge in [0, 0.05) is 6.20 Å². The summed E-state index contributed by atoms with van der Waals surface area (Å²) in [5.41, 5.74) is 1.68. The van der Waals surface area contributed by atoms with Crippen molar-refractivity contribution in [1.29, 1.82) is 0 Å². The summed E-state index contributed by atoms with van der Waals surface area (Å²) in [6.45, 7) is 6.20. The molecular formula is C11H14ClN3O. The maximum atomic E-state index is 10.4. The lowest BCUT2D eigenvalue weighted by molar-refractivity contribution is -0.108. The predicted molar refractivity (Wildman–Crippen MR) is 64.7 cm³/mol. The van der Waals surface area contributed by atoms with Gasteiger partial charge in [-0.1, -0.05) is 25.4 Å². The molecule has 0 spiro atoms. The number of carbonyl (C=O) groups is 1. The maximum Gasteiger partial charge on any atom is 0.145 e. The van der Waals surface area contributed by atoms with Crippen molar-refractivity contribution in [3.05, 3.63) is 23.2 Å². The van der Waals surface area contributed by atoms with E-state index in [1.165, 1.54) is 6.33 Å². The highest BCUT2D eigenvalue weighted by Crippen LogP contribution is 2.24. The standard InChI is InChI=1S/C9H8ClN3O.C2H6/c1-6-4-13(2-3-14)9-7(6)8(10)11-5-12-9;1-2/h3-5H,2H2,1H3;1-2H3. The topological polar surface area (TPSA) is 47.8 Å². The summed E-state index contributed by atoms with van der Waals surface area (Å²) in [5, 5.41) is 1.24. The molecule has 0 aliphatic rings. The molecule has 0 saturated heterocycles. The van der Waals surface area contributed by atoms with Gasteiger partial charge in [0.05, 0.1) is 11.9 Å². The Morgan fingerprint density at radius 3 is 2.75 bits per heavy atom. The molecule has 0 amide bonds. The van der Waals surface area contributed by atoms with E-state index in [-0.39, 0.29) is 6.54 Å². The third-order valence-corrected chi connectivity index (χ3v) is 2.35. The highest BCUT2D eigenvalue weighted by Gasteiger charge is 2.09. The van der Waals surface area contributed by atoms with Crippen molar-refractivity contribution < 1.29 is 4.79 Å². The fraction of sp³-hybridized carbons (Fsp3) is 0.364. The molecule has 86 valence electrons. The van der Waals surface area contributed by atoms with Crippen molar-refractivity contribution in [2.75, 3.05) is 0 Å². The Balaban J connectivity index is 0.000000606. The Labute approximate surface area is 99.3 Å². The smallest absolute Gasteiger partial charge is 0.145 e. The average Bonchev–Trinajstić information content (AvgIpc) is 2.61. The lowest BCUT2D eigenvalue weighted by Gasteiger charge is -1.97. The van der Waals surface area contributed by atoms with E-state index in [4.69, 9.17) is 11.6 Å². The lowest BCUT2D eigenvalue weighted by Crippen LogP contribution is -1.98. The van der Waals surface area contributed by atoms with Crippen LogP contribution < -0.4 is 0 Å². The van der Waals surface area contributed by atoms with Crippen LogP contribution in [0.3, 0.4) is 0 Å². The number of hydrogen-bond donors (Lipinski definition) is 0. The van der Waals surface area contributed by atoms with Crippen LogP contribution in [0.2, 0.25) is 5.15 Å². The summed E-state index contributed by atoms with van der Waals surface area (Å²) in [6, 6.07) is 0. The third-order valence-electron chi connectivity index (χ3n) is 2.07. The molecule has 0 bridgehead atoms. The van der Waals surface area contributed by atoms with Crippen molar-refractivity contribution in [1.82, 2.24) is 14.5 Å². The van der Waals surface area contributed by atoms with Crippen molar-refractivity contribution in [2.45, 2.75) is 27.3 Å². The van der Waals surface area contributed by atoms with Crippen LogP contribution in [0.4, 0.5) is 0 Å². The van der Waals surface area contributed by atoms with Gasteiger partial charge in [0.15, 0.2) is 0 Å². The van der Waals surface area contributed by atoms with E-state index >= 15 is 0 Å². The van der Waals surface area contributed by atoms with Crippen LogP contribution in [0.15, 0.2) is 12.5 Å². The van der Waals surface area contributed by atoms with E-state index in [9.17, 15) is 4.79 Å². The van der Waals surface area contributed by atoms with Gasteiger partial charge >= 0.3 is 0 Å². The Morgan fingerprint density at radius 2 is 2.12 bits per heavy atom. The first-order chi connectivity index (χ1) is 7.74. The molecule has 2 aromatic heterocycles. The summed E-state index contributed by atoms with van der Waals surface area (Å²) in [4.78, 5) is 18.4. The largest absolute Gasteiger partial charge is 0.325 e. The first-order valence-corrected chi connectivity index (χ1v) is 5.51. The number of nitrogens with zero attached hydrogens (tertiary/aromatic N) is 3. The molecule has 0 atom stereocenters. The molecular weight excluding hydrogens is 226 g/mol. The van der Waals surface area contributed by atoms with E-state index in [0.717, 1.165) is 17.2 Å². The molecule has 0 radical (unpaired) electrons. The zero-order chi connectivity index (χ0) is 12.1. The normalized spacial score (nSPS) is 9.75. The van der Waals surface area contributed by atoms with Gasteiger partial charge < -0.3 is 9.36 Å². The molecule has 0 aromatic carbocycles. The van der Waals surface area contributed by atoms with Gasteiger partial charge in [-0.25, -0.2) is 9.97 Å². The first kappa shape index (κ1) is 12.6. The van der Waals surface area contributed by atoms with Crippen LogP contribution in [0, 0.1) is 6.92 Å². The number of carbonyl (C=O) groups excluding carboxylic acids is 1. The predicted octanol–water partition coefficient (Wildman–Crippen LogP) is 2.62. The first-order valence-electron chi connectivity index (χ1n) is 5.13. The molecule has 0 saturated carbocycles. The number of hydrogen-bond acceptors (Lipinski definition) is 3. The number of rotatable bonds is 2. The van der Waals surface area contributed by atoms with E-state index in [2.05, 4.69) is 9.97 Å². The Kier molecular flexibility index (Phi) is 4.43. The average molecular weight is 240 g/mol. The molecule has 2 aromatic rings. The molecule has 0 fully saturated rings. The summed E-state index contributed by atoms with van der Waals surface area (Å²) in [6.07, 6.45) is 4.07. The highest BCUT2D eigenvalue weighted by atomic mass is 35.5. The van der Waals surface area contributed by atoms with Crippen molar-refractivity contribution in [2.24, 2.45) is 0 Å². The number of halogens is 1. The monoisotopic (exact) mass is 239 g/mol. The zero-order valence-electron chi connectivity index (χ0n) is 9.57. The fourth-order valence-corrected chi connectivity index (χ4v) is 1.77. The fourth-order valence-electron chi connectivity index (χ4n) is 1.49. The van der Waals surface area contributed by atoms with E-state index < -0.39 is 0 Å². The number of fused-ring (bicyclic) bond motifs is 1. The molecule has 2 rings (SSSR count). The van der Waals surface area contributed by atoms with Gasteiger partial charge in [-0.15, -0.1) is 0 Å². The highest BCUT2D eigenvalue weighted by molar-refractivity contribution is 6.34. The van der Waals surface area contributed by atoms with Crippen LogP contribution in [0.25, 0.3) is 11.0 Å². The number of aromatic nitrogens is 3. The molecule has 0 unspecified atom stereocenters. The van der Waals surface area contributed by atoms with Crippen molar-refractivity contribution >= 4 is 28.9 Å². The molecule has 0 aliphatic carbocycles. The maximum absolute atomic E-state index is 10.4. The molecule has 5 heteroatoms. The second kappa shape index (κ2) is 5.61. The van der Waals surface area contributed by atoms with Gasteiger partial charge in [0.2, 0.25) is 0 Å². The van der Waals surface area contributed by atoms with Gasteiger partial charge in [-0.05, 0) is 12.5 Å². The van der Waals surface area contributed by atoms with E-state index in [1.54, 1.807) is 4.57 Å².